The molecule has 0 bridgehead atoms. The summed E-state index contributed by atoms with van der Waals surface area (Å²) in [6.45, 7) is 0. The van der Waals surface area contributed by atoms with Crippen molar-refractivity contribution in [2.24, 2.45) is 0 Å². The molecule has 3 heterocycles. The Labute approximate surface area is 223 Å². The van der Waals surface area contributed by atoms with Crippen LogP contribution >= 0.6 is 0 Å². The molecule has 0 amide bonds. The fourth-order valence-electron chi connectivity index (χ4n) is 6.58. The first-order valence-electron chi connectivity index (χ1n) is 13.3. The lowest BCUT2D eigenvalue weighted by Crippen LogP contribution is -1.95. The Morgan fingerprint density at radius 3 is 1.67 bits per heavy atom. The van der Waals surface area contributed by atoms with Gasteiger partial charge in [0.15, 0.2) is 0 Å². The van der Waals surface area contributed by atoms with Gasteiger partial charge in [-0.05, 0) is 54.6 Å². The van der Waals surface area contributed by atoms with Gasteiger partial charge in [0.2, 0.25) is 0 Å². The van der Waals surface area contributed by atoms with Gasteiger partial charge < -0.3 is 13.6 Å². The van der Waals surface area contributed by atoms with Crippen LogP contribution in [0.2, 0.25) is 0 Å². The Kier molecular flexibility index (Phi) is 4.05. The van der Waals surface area contributed by atoms with Crippen molar-refractivity contribution >= 4 is 65.6 Å². The van der Waals surface area contributed by atoms with E-state index in [4.69, 9.17) is 4.42 Å². The Morgan fingerprint density at radius 2 is 0.923 bits per heavy atom. The number of benzene rings is 6. The summed E-state index contributed by atoms with van der Waals surface area (Å²) >= 11 is 0. The van der Waals surface area contributed by atoms with Crippen molar-refractivity contribution in [3.8, 4) is 11.4 Å². The maximum Gasteiger partial charge on any atom is 0.137 e. The second kappa shape index (κ2) is 7.62. The fourth-order valence-corrected chi connectivity index (χ4v) is 6.58. The molecule has 0 fully saturated rings. The van der Waals surface area contributed by atoms with Crippen molar-refractivity contribution < 1.29 is 4.42 Å². The molecular formula is C36H22N2O. The average Bonchev–Trinajstić information content (AvgIpc) is 3.65. The minimum atomic E-state index is 0.904. The lowest BCUT2D eigenvalue weighted by molar-refractivity contribution is 0.669. The SMILES string of the molecule is c1ccc(-n2c3ccccc3c3c4c5ccccc5n(-c5cccc6oc7ccccc7c56)c4ccc32)cc1. The molecule has 0 atom stereocenters. The quantitative estimate of drug-likeness (QED) is 0.233. The minimum absolute atomic E-state index is 0.904. The predicted octanol–water partition coefficient (Wildman–Crippen LogP) is 9.78. The molecule has 0 saturated carbocycles. The summed E-state index contributed by atoms with van der Waals surface area (Å²) in [6, 6.07) is 47.5. The number of fused-ring (bicyclic) bond motifs is 10. The molecule has 0 N–H and O–H groups in total. The molecule has 3 nitrogen and oxygen atoms in total. The lowest BCUT2D eigenvalue weighted by atomic mass is 10.1. The van der Waals surface area contributed by atoms with Crippen LogP contribution in [-0.2, 0) is 0 Å². The first-order chi connectivity index (χ1) is 19.4. The summed E-state index contributed by atoms with van der Waals surface area (Å²) in [7, 11) is 0. The van der Waals surface area contributed by atoms with Crippen molar-refractivity contribution in [3.05, 3.63) is 133 Å². The van der Waals surface area contributed by atoms with Crippen molar-refractivity contribution in [3.63, 3.8) is 0 Å². The molecule has 3 heteroatoms. The second-order valence-electron chi connectivity index (χ2n) is 10.1. The number of hydrogen-bond acceptors (Lipinski definition) is 1. The largest absolute Gasteiger partial charge is 0.456 e. The average molecular weight is 499 g/mol. The maximum absolute atomic E-state index is 6.28. The summed E-state index contributed by atoms with van der Waals surface area (Å²) in [5, 5.41) is 7.35. The zero-order valence-electron chi connectivity index (χ0n) is 21.0. The van der Waals surface area contributed by atoms with Crippen molar-refractivity contribution in [2.45, 2.75) is 0 Å². The van der Waals surface area contributed by atoms with E-state index in [0.29, 0.717) is 0 Å². The Morgan fingerprint density at radius 1 is 0.359 bits per heavy atom. The smallest absolute Gasteiger partial charge is 0.137 e. The first-order valence-corrected chi connectivity index (χ1v) is 13.3. The third kappa shape index (κ3) is 2.71. The molecule has 6 aromatic carbocycles. The van der Waals surface area contributed by atoms with E-state index in [-0.39, 0.29) is 0 Å². The molecule has 9 rings (SSSR count). The Hall–Kier alpha value is -5.28. The van der Waals surface area contributed by atoms with Crippen molar-refractivity contribution in [2.75, 3.05) is 0 Å². The van der Waals surface area contributed by atoms with E-state index < -0.39 is 0 Å². The van der Waals surface area contributed by atoms with Crippen LogP contribution in [0.15, 0.2) is 138 Å². The minimum Gasteiger partial charge on any atom is -0.456 e. The zero-order chi connectivity index (χ0) is 25.5. The van der Waals surface area contributed by atoms with E-state index in [0.717, 1.165) is 27.6 Å². The van der Waals surface area contributed by atoms with Crippen molar-refractivity contribution in [1.82, 2.24) is 9.13 Å². The molecule has 0 saturated heterocycles. The van der Waals surface area contributed by atoms with Crippen LogP contribution in [0, 0.1) is 0 Å². The van der Waals surface area contributed by atoms with Gasteiger partial charge in [0.05, 0.1) is 33.1 Å². The lowest BCUT2D eigenvalue weighted by Gasteiger charge is -2.10. The number of nitrogens with zero attached hydrogens (tertiary/aromatic N) is 2. The van der Waals surface area contributed by atoms with E-state index >= 15 is 0 Å². The highest BCUT2D eigenvalue weighted by molar-refractivity contribution is 6.29. The number of furan rings is 1. The molecule has 0 spiro atoms. The van der Waals surface area contributed by atoms with Crippen LogP contribution in [0.3, 0.4) is 0 Å². The van der Waals surface area contributed by atoms with Crippen LogP contribution in [0.25, 0.3) is 76.9 Å². The molecule has 3 aromatic heterocycles. The second-order valence-corrected chi connectivity index (χ2v) is 10.1. The highest BCUT2D eigenvalue weighted by atomic mass is 16.3. The molecule has 0 aliphatic heterocycles. The van der Waals surface area contributed by atoms with Crippen molar-refractivity contribution in [1.29, 1.82) is 0 Å². The molecule has 0 unspecified atom stereocenters. The van der Waals surface area contributed by atoms with E-state index in [2.05, 4.69) is 130 Å². The summed E-state index contributed by atoms with van der Waals surface area (Å²) in [5.41, 5.74) is 8.93. The molecular weight excluding hydrogens is 476 g/mol. The van der Waals surface area contributed by atoms with E-state index in [1.54, 1.807) is 0 Å². The van der Waals surface area contributed by atoms with Crippen LogP contribution in [0.4, 0.5) is 0 Å². The molecule has 9 aromatic rings. The topological polar surface area (TPSA) is 23.0 Å². The van der Waals surface area contributed by atoms with Gasteiger partial charge in [-0.3, -0.25) is 0 Å². The number of aromatic nitrogens is 2. The summed E-state index contributed by atoms with van der Waals surface area (Å²) in [6.07, 6.45) is 0. The van der Waals surface area contributed by atoms with Gasteiger partial charge >= 0.3 is 0 Å². The summed E-state index contributed by atoms with van der Waals surface area (Å²) in [4.78, 5) is 0. The number of hydrogen-bond donors (Lipinski definition) is 0. The highest BCUT2D eigenvalue weighted by Crippen LogP contribution is 2.43. The first kappa shape index (κ1) is 20.7. The van der Waals surface area contributed by atoms with E-state index in [1.165, 1.54) is 49.3 Å². The van der Waals surface area contributed by atoms with Crippen LogP contribution < -0.4 is 0 Å². The van der Waals surface area contributed by atoms with E-state index in [1.807, 2.05) is 12.1 Å². The van der Waals surface area contributed by atoms with Crippen LogP contribution in [0.5, 0.6) is 0 Å². The maximum atomic E-state index is 6.28. The standard InChI is InChI=1S/C36H22N2O/c1-2-11-23(12-3-1)37-27-16-7-4-13-24(27)35-30(37)21-22-31-36(35)25-14-5-8-17-28(25)38(31)29-18-10-20-33-34(29)26-15-6-9-19-32(26)39-33/h1-22H. The predicted molar refractivity (Wildman–Crippen MR) is 162 cm³/mol. The monoisotopic (exact) mass is 498 g/mol. The molecule has 0 aliphatic carbocycles. The van der Waals surface area contributed by atoms with Gasteiger partial charge in [-0.2, -0.15) is 0 Å². The number of para-hydroxylation sites is 4. The molecule has 39 heavy (non-hydrogen) atoms. The number of rotatable bonds is 2. The zero-order valence-corrected chi connectivity index (χ0v) is 21.0. The molecule has 0 radical (unpaired) electrons. The third-order valence-corrected chi connectivity index (χ3v) is 8.11. The highest BCUT2D eigenvalue weighted by Gasteiger charge is 2.21. The van der Waals surface area contributed by atoms with Gasteiger partial charge in [0.1, 0.15) is 11.2 Å². The Balaban J connectivity index is 1.50. The summed E-state index contributed by atoms with van der Waals surface area (Å²) < 4.78 is 11.1. The fraction of sp³-hybridized carbons (Fsp3) is 0. The Bertz CT molecular complexity index is 2390. The molecule has 182 valence electrons. The van der Waals surface area contributed by atoms with Gasteiger partial charge in [-0.15, -0.1) is 0 Å². The van der Waals surface area contributed by atoms with Crippen LogP contribution in [-0.4, -0.2) is 9.13 Å². The van der Waals surface area contributed by atoms with Gasteiger partial charge in [-0.1, -0.05) is 78.9 Å². The normalized spacial score (nSPS) is 12.1. The third-order valence-electron chi connectivity index (χ3n) is 8.11. The summed E-state index contributed by atoms with van der Waals surface area (Å²) in [5.74, 6) is 0. The van der Waals surface area contributed by atoms with Crippen LogP contribution in [0.1, 0.15) is 0 Å². The van der Waals surface area contributed by atoms with Gasteiger partial charge in [0.25, 0.3) is 0 Å². The van der Waals surface area contributed by atoms with Gasteiger partial charge in [-0.25, -0.2) is 0 Å². The molecule has 0 aliphatic rings. The van der Waals surface area contributed by atoms with Gasteiger partial charge in [0, 0.05) is 32.6 Å². The van der Waals surface area contributed by atoms with E-state index in [9.17, 15) is 0 Å².